The predicted molar refractivity (Wildman–Crippen MR) is 112 cm³/mol. The molecule has 7 heteroatoms. The maximum atomic E-state index is 12.6. The summed E-state index contributed by atoms with van der Waals surface area (Å²) < 4.78 is 16.2. The number of amides is 1. The summed E-state index contributed by atoms with van der Waals surface area (Å²) in [5, 5.41) is 4.13. The number of aromatic nitrogens is 2. The summed E-state index contributed by atoms with van der Waals surface area (Å²) in [6.45, 7) is 5.11. The molecule has 1 atom stereocenters. The topological polar surface area (TPSA) is 77.7 Å². The number of methoxy groups -OCH3 is 2. The van der Waals surface area contributed by atoms with Crippen molar-refractivity contribution in [1.29, 1.82) is 0 Å². The summed E-state index contributed by atoms with van der Waals surface area (Å²) in [4.78, 5) is 19.0. The van der Waals surface area contributed by atoms with E-state index >= 15 is 0 Å². The number of hydrogen-bond acceptors (Lipinski definition) is 6. The van der Waals surface area contributed by atoms with E-state index in [4.69, 9.17) is 14.0 Å². The molecule has 0 aliphatic carbocycles. The highest BCUT2D eigenvalue weighted by molar-refractivity contribution is 5.79. The predicted octanol–water partition coefficient (Wildman–Crippen LogP) is 3.89. The smallest absolute Gasteiger partial charge is 0.232 e. The van der Waals surface area contributed by atoms with E-state index in [-0.39, 0.29) is 11.8 Å². The third-order valence-corrected chi connectivity index (χ3v) is 5.63. The molecule has 1 saturated heterocycles. The first kappa shape index (κ1) is 19.9. The Hall–Kier alpha value is -3.35. The first-order valence-electron chi connectivity index (χ1n) is 9.88. The van der Waals surface area contributed by atoms with Crippen molar-refractivity contribution < 1.29 is 18.8 Å². The Balaban J connectivity index is 1.49. The number of rotatable bonds is 6. The van der Waals surface area contributed by atoms with Gasteiger partial charge < -0.3 is 18.9 Å². The lowest BCUT2D eigenvalue weighted by Gasteiger charge is -2.18. The molecule has 1 aliphatic heterocycles. The van der Waals surface area contributed by atoms with Gasteiger partial charge in [-0.05, 0) is 43.2 Å². The van der Waals surface area contributed by atoms with Crippen LogP contribution in [0.25, 0.3) is 11.4 Å². The zero-order chi connectivity index (χ0) is 21.3. The molecule has 1 fully saturated rings. The molecule has 4 rings (SSSR count). The Morgan fingerprint density at radius 3 is 2.67 bits per heavy atom. The molecule has 1 aromatic heterocycles. The standard InChI is InChI=1S/C23H25N3O4/c1-14-5-6-16(9-15(14)2)22-24-23(30-25-22)18-10-21(27)26(13-18)12-17-7-8-19(28-3)11-20(17)29-4/h5-9,11,18H,10,12-13H2,1-4H3. The van der Waals surface area contributed by atoms with Crippen molar-refractivity contribution in [2.45, 2.75) is 32.7 Å². The molecule has 1 unspecified atom stereocenters. The normalized spacial score (nSPS) is 16.2. The average molecular weight is 407 g/mol. The fraction of sp³-hybridized carbons (Fsp3) is 0.348. The van der Waals surface area contributed by atoms with Crippen molar-refractivity contribution in [3.63, 3.8) is 0 Å². The minimum absolute atomic E-state index is 0.0591. The molecule has 2 heterocycles. The molecule has 30 heavy (non-hydrogen) atoms. The molecule has 0 spiro atoms. The molecule has 156 valence electrons. The third-order valence-electron chi connectivity index (χ3n) is 5.63. The highest BCUT2D eigenvalue weighted by atomic mass is 16.5. The number of carbonyl (C=O) groups is 1. The van der Waals surface area contributed by atoms with Gasteiger partial charge in [0.2, 0.25) is 17.6 Å². The first-order valence-corrected chi connectivity index (χ1v) is 9.88. The van der Waals surface area contributed by atoms with Crippen LogP contribution in [0.4, 0.5) is 0 Å². The third kappa shape index (κ3) is 3.87. The molecule has 3 aromatic rings. The Bertz CT molecular complexity index is 1080. The van der Waals surface area contributed by atoms with Crippen molar-refractivity contribution in [1.82, 2.24) is 15.0 Å². The maximum absolute atomic E-state index is 12.6. The number of likely N-dealkylation sites (tertiary alicyclic amines) is 1. The second-order valence-electron chi connectivity index (χ2n) is 7.61. The van der Waals surface area contributed by atoms with Gasteiger partial charge >= 0.3 is 0 Å². The Morgan fingerprint density at radius 2 is 1.93 bits per heavy atom. The summed E-state index contributed by atoms with van der Waals surface area (Å²) in [5.41, 5.74) is 4.23. The van der Waals surface area contributed by atoms with Crippen LogP contribution < -0.4 is 9.47 Å². The molecule has 7 nitrogen and oxygen atoms in total. The van der Waals surface area contributed by atoms with Crippen molar-refractivity contribution >= 4 is 5.91 Å². The van der Waals surface area contributed by atoms with Crippen molar-refractivity contribution in [3.05, 3.63) is 59.0 Å². The van der Waals surface area contributed by atoms with Crippen LogP contribution in [0.2, 0.25) is 0 Å². The van der Waals surface area contributed by atoms with E-state index < -0.39 is 0 Å². The molecular weight excluding hydrogens is 382 g/mol. The van der Waals surface area contributed by atoms with Crippen LogP contribution in [0, 0.1) is 13.8 Å². The van der Waals surface area contributed by atoms with E-state index in [1.807, 2.05) is 36.4 Å². The molecule has 0 bridgehead atoms. The Kier molecular flexibility index (Phi) is 5.44. The van der Waals surface area contributed by atoms with Gasteiger partial charge in [0.05, 0.1) is 20.1 Å². The van der Waals surface area contributed by atoms with Crippen LogP contribution in [-0.2, 0) is 11.3 Å². The maximum Gasteiger partial charge on any atom is 0.232 e. The number of aryl methyl sites for hydroxylation is 2. The molecule has 0 N–H and O–H groups in total. The van der Waals surface area contributed by atoms with Gasteiger partial charge in [0, 0.05) is 36.7 Å². The van der Waals surface area contributed by atoms with Gasteiger partial charge in [0.25, 0.3) is 0 Å². The number of nitrogens with zero attached hydrogens (tertiary/aromatic N) is 3. The van der Waals surface area contributed by atoms with Crippen LogP contribution in [-0.4, -0.2) is 41.7 Å². The second-order valence-corrected chi connectivity index (χ2v) is 7.61. The number of hydrogen-bond donors (Lipinski definition) is 0. The van der Waals surface area contributed by atoms with Crippen LogP contribution in [0.15, 0.2) is 40.9 Å². The number of carbonyl (C=O) groups excluding carboxylic acids is 1. The second kappa shape index (κ2) is 8.18. The van der Waals surface area contributed by atoms with Gasteiger partial charge in [-0.2, -0.15) is 4.98 Å². The minimum Gasteiger partial charge on any atom is -0.497 e. The van der Waals surface area contributed by atoms with Gasteiger partial charge in [-0.3, -0.25) is 4.79 Å². The summed E-state index contributed by atoms with van der Waals surface area (Å²) in [6.07, 6.45) is 0.354. The van der Waals surface area contributed by atoms with Gasteiger partial charge in [-0.1, -0.05) is 17.3 Å². The highest BCUT2D eigenvalue weighted by Gasteiger charge is 2.34. The number of benzene rings is 2. The molecule has 0 radical (unpaired) electrons. The monoisotopic (exact) mass is 407 g/mol. The fourth-order valence-electron chi connectivity index (χ4n) is 3.68. The highest BCUT2D eigenvalue weighted by Crippen LogP contribution is 2.32. The Morgan fingerprint density at radius 1 is 1.10 bits per heavy atom. The van der Waals surface area contributed by atoms with Crippen molar-refractivity contribution in [3.8, 4) is 22.9 Å². The zero-order valence-corrected chi connectivity index (χ0v) is 17.6. The van der Waals surface area contributed by atoms with Crippen molar-refractivity contribution in [2.75, 3.05) is 20.8 Å². The molecular formula is C23H25N3O4. The lowest BCUT2D eigenvalue weighted by Crippen LogP contribution is -2.24. The minimum atomic E-state index is -0.116. The molecule has 0 saturated carbocycles. The average Bonchev–Trinajstić information content (AvgIpc) is 3.37. The fourth-order valence-corrected chi connectivity index (χ4v) is 3.68. The molecule has 1 aliphatic rings. The van der Waals surface area contributed by atoms with E-state index in [1.54, 1.807) is 19.1 Å². The van der Waals surface area contributed by atoms with Gasteiger partial charge in [0.15, 0.2) is 0 Å². The summed E-state index contributed by atoms with van der Waals surface area (Å²) in [7, 11) is 3.22. The quantitative estimate of drug-likeness (QED) is 0.617. The van der Waals surface area contributed by atoms with E-state index in [0.29, 0.717) is 42.7 Å². The van der Waals surface area contributed by atoms with Crippen LogP contribution >= 0.6 is 0 Å². The lowest BCUT2D eigenvalue weighted by molar-refractivity contribution is -0.128. The summed E-state index contributed by atoms with van der Waals surface area (Å²) in [6, 6.07) is 11.7. The van der Waals surface area contributed by atoms with Crippen LogP contribution in [0.3, 0.4) is 0 Å². The van der Waals surface area contributed by atoms with Crippen molar-refractivity contribution in [2.24, 2.45) is 0 Å². The summed E-state index contributed by atoms with van der Waals surface area (Å²) in [5.74, 6) is 2.40. The van der Waals surface area contributed by atoms with E-state index in [0.717, 1.165) is 11.1 Å². The van der Waals surface area contributed by atoms with E-state index in [9.17, 15) is 4.79 Å². The van der Waals surface area contributed by atoms with Gasteiger partial charge in [-0.15, -0.1) is 0 Å². The van der Waals surface area contributed by atoms with E-state index in [1.165, 1.54) is 11.1 Å². The zero-order valence-electron chi connectivity index (χ0n) is 17.6. The van der Waals surface area contributed by atoms with Crippen LogP contribution in [0.5, 0.6) is 11.5 Å². The van der Waals surface area contributed by atoms with Gasteiger partial charge in [-0.25, -0.2) is 0 Å². The van der Waals surface area contributed by atoms with Gasteiger partial charge in [0.1, 0.15) is 11.5 Å². The van der Waals surface area contributed by atoms with Crippen LogP contribution in [0.1, 0.15) is 34.9 Å². The molecule has 1 amide bonds. The SMILES string of the molecule is COc1ccc(CN2CC(c3nc(-c4ccc(C)c(C)c4)no3)CC2=O)c(OC)c1. The van der Waals surface area contributed by atoms with E-state index in [2.05, 4.69) is 24.0 Å². The Labute approximate surface area is 175 Å². The summed E-state index contributed by atoms with van der Waals surface area (Å²) >= 11 is 0. The molecule has 2 aromatic carbocycles. The lowest BCUT2D eigenvalue weighted by atomic mass is 10.1. The largest absolute Gasteiger partial charge is 0.497 e. The first-order chi connectivity index (χ1) is 14.5. The number of ether oxygens (including phenoxy) is 2.